The molecule has 2 aromatic carbocycles. The zero-order chi connectivity index (χ0) is 18.8. The highest BCUT2D eigenvalue weighted by atomic mass is 16.5. The number of amides is 1. The lowest BCUT2D eigenvalue weighted by molar-refractivity contribution is -0.116. The fraction of sp³-hybridized carbons (Fsp3) is 0.238. The maximum absolute atomic E-state index is 11.5. The predicted molar refractivity (Wildman–Crippen MR) is 102 cm³/mol. The van der Waals surface area contributed by atoms with E-state index >= 15 is 0 Å². The van der Waals surface area contributed by atoms with E-state index in [-0.39, 0.29) is 11.7 Å². The Bertz CT molecular complexity index is 994. The van der Waals surface area contributed by atoms with Crippen molar-refractivity contribution >= 4 is 11.6 Å². The zero-order valence-electron chi connectivity index (χ0n) is 15.0. The fourth-order valence-corrected chi connectivity index (χ4v) is 3.09. The first-order chi connectivity index (χ1) is 13.1. The lowest BCUT2D eigenvalue weighted by Gasteiger charge is -2.16. The molecule has 0 atom stereocenters. The molecule has 138 valence electrons. The average molecular weight is 364 g/mol. The van der Waals surface area contributed by atoms with Crippen LogP contribution in [0.15, 0.2) is 47.0 Å². The Morgan fingerprint density at radius 1 is 1.15 bits per heavy atom. The van der Waals surface area contributed by atoms with Crippen LogP contribution in [0.4, 0.5) is 5.69 Å². The molecule has 1 aliphatic rings. The molecule has 1 amide bonds. The number of aryl methyl sites for hydroxylation is 1. The van der Waals surface area contributed by atoms with Gasteiger partial charge in [0.15, 0.2) is 17.3 Å². The first-order valence-electron chi connectivity index (χ1n) is 9.00. The van der Waals surface area contributed by atoms with E-state index in [1.54, 1.807) is 12.1 Å². The minimum absolute atomic E-state index is 0.0464. The summed E-state index contributed by atoms with van der Waals surface area (Å²) in [6.45, 7) is 2.56. The number of carbonyl (C=O) groups excluding carboxylic acids is 1. The third kappa shape index (κ3) is 3.51. The maximum atomic E-state index is 11.5. The van der Waals surface area contributed by atoms with Crippen LogP contribution >= 0.6 is 0 Å². The third-order valence-corrected chi connectivity index (χ3v) is 4.51. The molecule has 0 radical (unpaired) electrons. The van der Waals surface area contributed by atoms with Crippen molar-refractivity contribution in [3.05, 3.63) is 48.0 Å². The van der Waals surface area contributed by atoms with Crippen molar-refractivity contribution in [2.24, 2.45) is 0 Å². The Balaban J connectivity index is 1.59. The van der Waals surface area contributed by atoms with Gasteiger partial charge in [-0.05, 0) is 48.7 Å². The number of carbonyl (C=O) groups is 1. The predicted octanol–water partition coefficient (Wildman–Crippen LogP) is 4.39. The number of anilines is 1. The van der Waals surface area contributed by atoms with Gasteiger partial charge >= 0.3 is 0 Å². The van der Waals surface area contributed by atoms with Gasteiger partial charge in [0.25, 0.3) is 0 Å². The standard InChI is InChI=1S/C21H20N2O4/c1-2-9-26-19-7-4-15(11-18(19)24)20-12-17(23-27-20)14-3-6-16-13(10-14)5-8-21(25)22-16/h3-4,6-7,10-12,24H,2,5,8-9H2,1H3,(H,22,25). The van der Waals surface area contributed by atoms with E-state index in [2.05, 4.69) is 10.5 Å². The molecular formula is C21H20N2O4. The van der Waals surface area contributed by atoms with Crippen LogP contribution in [0.2, 0.25) is 0 Å². The molecule has 6 nitrogen and oxygen atoms in total. The number of fused-ring (bicyclic) bond motifs is 1. The van der Waals surface area contributed by atoms with Crippen LogP contribution < -0.4 is 10.1 Å². The van der Waals surface area contributed by atoms with Gasteiger partial charge in [-0.2, -0.15) is 0 Å². The van der Waals surface area contributed by atoms with E-state index in [9.17, 15) is 9.90 Å². The normalized spacial score (nSPS) is 13.1. The summed E-state index contributed by atoms with van der Waals surface area (Å²) in [4.78, 5) is 11.5. The smallest absolute Gasteiger partial charge is 0.224 e. The summed E-state index contributed by atoms with van der Waals surface area (Å²) in [7, 11) is 0. The van der Waals surface area contributed by atoms with Gasteiger partial charge in [-0.1, -0.05) is 18.1 Å². The Kier molecular flexibility index (Phi) is 4.54. The topological polar surface area (TPSA) is 84.6 Å². The number of ether oxygens (including phenoxy) is 1. The molecule has 2 heterocycles. The van der Waals surface area contributed by atoms with Gasteiger partial charge in [-0.15, -0.1) is 0 Å². The third-order valence-electron chi connectivity index (χ3n) is 4.51. The van der Waals surface area contributed by atoms with Crippen LogP contribution in [0.25, 0.3) is 22.6 Å². The molecular weight excluding hydrogens is 344 g/mol. The summed E-state index contributed by atoms with van der Waals surface area (Å²) in [5.41, 5.74) is 4.29. The summed E-state index contributed by atoms with van der Waals surface area (Å²) < 4.78 is 11.0. The number of nitrogens with one attached hydrogen (secondary N) is 1. The van der Waals surface area contributed by atoms with Crippen LogP contribution in [-0.4, -0.2) is 22.8 Å². The van der Waals surface area contributed by atoms with Crippen LogP contribution in [0.5, 0.6) is 11.5 Å². The van der Waals surface area contributed by atoms with Gasteiger partial charge in [0.2, 0.25) is 5.91 Å². The van der Waals surface area contributed by atoms with Gasteiger partial charge in [0, 0.05) is 29.3 Å². The van der Waals surface area contributed by atoms with E-state index in [1.165, 1.54) is 0 Å². The molecule has 0 bridgehead atoms. The Hall–Kier alpha value is -3.28. The zero-order valence-corrected chi connectivity index (χ0v) is 15.0. The van der Waals surface area contributed by atoms with E-state index < -0.39 is 0 Å². The van der Waals surface area contributed by atoms with Gasteiger partial charge in [-0.3, -0.25) is 4.79 Å². The molecule has 3 aromatic rings. The number of hydrogen-bond donors (Lipinski definition) is 2. The van der Waals surface area contributed by atoms with Crippen molar-refractivity contribution in [3.8, 4) is 34.1 Å². The van der Waals surface area contributed by atoms with Crippen molar-refractivity contribution in [2.75, 3.05) is 11.9 Å². The number of phenolic OH excluding ortho intramolecular Hbond substituents is 1. The number of phenols is 1. The highest BCUT2D eigenvalue weighted by Crippen LogP contribution is 2.34. The molecule has 0 fully saturated rings. The highest BCUT2D eigenvalue weighted by molar-refractivity contribution is 5.94. The largest absolute Gasteiger partial charge is 0.504 e. The summed E-state index contributed by atoms with van der Waals surface area (Å²) in [5.74, 6) is 1.14. The van der Waals surface area contributed by atoms with Crippen molar-refractivity contribution in [1.29, 1.82) is 0 Å². The van der Waals surface area contributed by atoms with Crippen molar-refractivity contribution in [3.63, 3.8) is 0 Å². The summed E-state index contributed by atoms with van der Waals surface area (Å²) >= 11 is 0. The minimum atomic E-state index is 0.0464. The number of aromatic nitrogens is 1. The molecule has 0 saturated carbocycles. The molecule has 0 unspecified atom stereocenters. The molecule has 6 heteroatoms. The molecule has 4 rings (SSSR count). The number of hydrogen-bond acceptors (Lipinski definition) is 5. The van der Waals surface area contributed by atoms with Crippen LogP contribution in [0.1, 0.15) is 25.3 Å². The average Bonchev–Trinajstić information content (AvgIpc) is 3.17. The molecule has 1 aliphatic heterocycles. The van der Waals surface area contributed by atoms with E-state index in [0.29, 0.717) is 36.7 Å². The minimum Gasteiger partial charge on any atom is -0.504 e. The van der Waals surface area contributed by atoms with Crippen LogP contribution in [0.3, 0.4) is 0 Å². The Morgan fingerprint density at radius 2 is 2.00 bits per heavy atom. The molecule has 2 N–H and O–H groups in total. The van der Waals surface area contributed by atoms with E-state index in [0.717, 1.165) is 28.8 Å². The van der Waals surface area contributed by atoms with Gasteiger partial charge in [0.1, 0.15) is 5.69 Å². The summed E-state index contributed by atoms with van der Waals surface area (Å²) in [6, 6.07) is 12.8. The van der Waals surface area contributed by atoms with E-state index in [4.69, 9.17) is 9.26 Å². The number of rotatable bonds is 5. The maximum Gasteiger partial charge on any atom is 0.224 e. The monoisotopic (exact) mass is 364 g/mol. The van der Waals surface area contributed by atoms with Gasteiger partial charge in [-0.25, -0.2) is 0 Å². The molecule has 0 spiro atoms. The lowest BCUT2D eigenvalue weighted by Crippen LogP contribution is -2.18. The lowest BCUT2D eigenvalue weighted by atomic mass is 9.99. The molecule has 1 aromatic heterocycles. The van der Waals surface area contributed by atoms with Gasteiger partial charge < -0.3 is 19.7 Å². The first kappa shape index (κ1) is 17.1. The van der Waals surface area contributed by atoms with E-state index in [1.807, 2.05) is 37.3 Å². The number of nitrogens with zero attached hydrogens (tertiary/aromatic N) is 1. The number of aromatic hydroxyl groups is 1. The molecule has 0 saturated heterocycles. The second-order valence-electron chi connectivity index (χ2n) is 6.53. The second-order valence-corrected chi connectivity index (χ2v) is 6.53. The first-order valence-corrected chi connectivity index (χ1v) is 9.00. The molecule has 27 heavy (non-hydrogen) atoms. The Morgan fingerprint density at radius 3 is 2.81 bits per heavy atom. The summed E-state index contributed by atoms with van der Waals surface area (Å²) in [6.07, 6.45) is 2.08. The summed E-state index contributed by atoms with van der Waals surface area (Å²) in [5, 5.41) is 17.2. The van der Waals surface area contributed by atoms with Gasteiger partial charge in [0.05, 0.1) is 6.61 Å². The van der Waals surface area contributed by atoms with Crippen molar-refractivity contribution < 1.29 is 19.2 Å². The molecule has 0 aliphatic carbocycles. The highest BCUT2D eigenvalue weighted by Gasteiger charge is 2.17. The number of benzene rings is 2. The SMILES string of the molecule is CCCOc1ccc(-c2cc(-c3ccc4c(c3)CCC(=O)N4)no2)cc1O. The van der Waals surface area contributed by atoms with Crippen molar-refractivity contribution in [1.82, 2.24) is 5.16 Å². The second kappa shape index (κ2) is 7.15. The van der Waals surface area contributed by atoms with Crippen LogP contribution in [0, 0.1) is 0 Å². The fourth-order valence-electron chi connectivity index (χ4n) is 3.09. The van der Waals surface area contributed by atoms with Crippen molar-refractivity contribution in [2.45, 2.75) is 26.2 Å². The quantitative estimate of drug-likeness (QED) is 0.701. The Labute approximate surface area is 156 Å². The van der Waals surface area contributed by atoms with Crippen LogP contribution in [-0.2, 0) is 11.2 Å².